The van der Waals surface area contributed by atoms with Gasteiger partial charge in [-0.3, -0.25) is 9.59 Å². The van der Waals surface area contributed by atoms with Crippen molar-refractivity contribution in [1.82, 2.24) is 10.2 Å². The van der Waals surface area contributed by atoms with Crippen LogP contribution in [-0.2, 0) is 9.59 Å². The van der Waals surface area contributed by atoms with Gasteiger partial charge in [0.1, 0.15) is 6.04 Å². The smallest absolute Gasteiger partial charge is 0.245 e. The van der Waals surface area contributed by atoms with Gasteiger partial charge in [-0.05, 0) is 19.8 Å². The van der Waals surface area contributed by atoms with Gasteiger partial charge in [0, 0.05) is 19.0 Å². The first kappa shape index (κ1) is 15.5. The highest BCUT2D eigenvalue weighted by Crippen LogP contribution is 2.24. The monoisotopic (exact) mass is 264 g/mol. The lowest BCUT2D eigenvalue weighted by atomic mass is 10.1. The van der Waals surface area contributed by atoms with E-state index in [4.69, 9.17) is 0 Å². The summed E-state index contributed by atoms with van der Waals surface area (Å²) in [6, 6.07) is -0.493. The molecule has 0 aliphatic heterocycles. The van der Waals surface area contributed by atoms with Crippen molar-refractivity contribution in [3.63, 3.8) is 0 Å². The molecule has 4 heteroatoms. The lowest BCUT2D eigenvalue weighted by molar-refractivity contribution is -0.136. The van der Waals surface area contributed by atoms with Gasteiger partial charge in [-0.2, -0.15) is 0 Å². The lowest BCUT2D eigenvalue weighted by Gasteiger charge is -2.24. The quantitative estimate of drug-likeness (QED) is 0.714. The summed E-state index contributed by atoms with van der Waals surface area (Å²) in [5.74, 6) is 0.00385. The number of hydrogen-bond acceptors (Lipinski definition) is 2. The van der Waals surface area contributed by atoms with Crippen LogP contribution < -0.4 is 5.32 Å². The topological polar surface area (TPSA) is 49.4 Å². The van der Waals surface area contributed by atoms with E-state index in [2.05, 4.69) is 18.5 Å². The zero-order valence-electron chi connectivity index (χ0n) is 11.7. The van der Waals surface area contributed by atoms with Crippen molar-refractivity contribution >= 4 is 11.8 Å². The third-order valence-corrected chi connectivity index (χ3v) is 3.47. The highest BCUT2D eigenvalue weighted by Gasteiger charge is 2.26. The minimum Gasteiger partial charge on any atom is -0.344 e. The number of carbonyl (C=O) groups is 2. The first-order valence-corrected chi connectivity index (χ1v) is 6.91. The molecular formula is C15H24N2O2. The molecule has 0 aromatic heterocycles. The van der Waals surface area contributed by atoms with Gasteiger partial charge in [0.05, 0.1) is 0 Å². The van der Waals surface area contributed by atoms with Crippen LogP contribution in [0, 0.1) is 5.92 Å². The van der Waals surface area contributed by atoms with Gasteiger partial charge in [0.15, 0.2) is 0 Å². The standard InChI is InChI=1S/C15H24N2O2/c1-4-10-17(11-5-2)15(19)12(3)16-14(18)13-8-6-7-9-13/h4-5,12-13H,1-2,6-11H2,3H3,(H,16,18). The minimum atomic E-state index is -0.493. The summed E-state index contributed by atoms with van der Waals surface area (Å²) in [5.41, 5.74) is 0. The van der Waals surface area contributed by atoms with Crippen LogP contribution in [0.15, 0.2) is 25.3 Å². The molecule has 0 aromatic rings. The summed E-state index contributed by atoms with van der Waals surface area (Å²) in [6.45, 7) is 9.93. The molecule has 0 radical (unpaired) electrons. The zero-order valence-corrected chi connectivity index (χ0v) is 11.7. The Morgan fingerprint density at radius 2 is 1.79 bits per heavy atom. The van der Waals surface area contributed by atoms with Gasteiger partial charge in [0.2, 0.25) is 11.8 Å². The fourth-order valence-corrected chi connectivity index (χ4v) is 2.42. The van der Waals surface area contributed by atoms with Crippen LogP contribution in [-0.4, -0.2) is 35.8 Å². The molecule has 1 saturated carbocycles. The van der Waals surface area contributed by atoms with E-state index < -0.39 is 6.04 Å². The maximum atomic E-state index is 12.2. The number of amides is 2. The molecule has 2 amide bonds. The van der Waals surface area contributed by atoms with E-state index in [1.807, 2.05) is 0 Å². The van der Waals surface area contributed by atoms with Crippen molar-refractivity contribution in [3.8, 4) is 0 Å². The Bertz CT molecular complexity index is 336. The molecule has 1 aliphatic rings. The molecule has 0 saturated heterocycles. The van der Waals surface area contributed by atoms with E-state index >= 15 is 0 Å². The molecule has 4 nitrogen and oxygen atoms in total. The number of rotatable bonds is 7. The third-order valence-electron chi connectivity index (χ3n) is 3.47. The molecule has 1 unspecified atom stereocenters. The van der Waals surface area contributed by atoms with Crippen molar-refractivity contribution in [2.45, 2.75) is 38.6 Å². The van der Waals surface area contributed by atoms with E-state index in [0.717, 1.165) is 25.7 Å². The van der Waals surface area contributed by atoms with Crippen molar-refractivity contribution in [1.29, 1.82) is 0 Å². The Morgan fingerprint density at radius 3 is 2.26 bits per heavy atom. The first-order valence-electron chi connectivity index (χ1n) is 6.91. The van der Waals surface area contributed by atoms with Crippen LogP contribution in [0.1, 0.15) is 32.6 Å². The van der Waals surface area contributed by atoms with Gasteiger partial charge in [0.25, 0.3) is 0 Å². The number of carbonyl (C=O) groups excluding carboxylic acids is 2. The maximum absolute atomic E-state index is 12.2. The van der Waals surface area contributed by atoms with Gasteiger partial charge < -0.3 is 10.2 Å². The average molecular weight is 264 g/mol. The van der Waals surface area contributed by atoms with E-state index in [-0.39, 0.29) is 17.7 Å². The molecular weight excluding hydrogens is 240 g/mol. The van der Waals surface area contributed by atoms with E-state index in [9.17, 15) is 9.59 Å². The van der Waals surface area contributed by atoms with Crippen LogP contribution in [0.25, 0.3) is 0 Å². The summed E-state index contributed by atoms with van der Waals surface area (Å²) in [4.78, 5) is 25.8. The number of nitrogens with zero attached hydrogens (tertiary/aromatic N) is 1. The molecule has 1 aliphatic carbocycles. The lowest BCUT2D eigenvalue weighted by Crippen LogP contribution is -2.48. The Balaban J connectivity index is 2.51. The van der Waals surface area contributed by atoms with Crippen LogP contribution in [0.4, 0.5) is 0 Å². The number of nitrogens with one attached hydrogen (secondary N) is 1. The summed E-state index contributed by atoms with van der Waals surface area (Å²) < 4.78 is 0. The van der Waals surface area contributed by atoms with E-state index in [0.29, 0.717) is 13.1 Å². The summed E-state index contributed by atoms with van der Waals surface area (Å²) in [7, 11) is 0. The molecule has 1 N–H and O–H groups in total. The SMILES string of the molecule is C=CCN(CC=C)C(=O)C(C)NC(=O)C1CCCC1. The predicted octanol–water partition coefficient (Wildman–Crippen LogP) is 1.88. The van der Waals surface area contributed by atoms with Crippen LogP contribution in [0.5, 0.6) is 0 Å². The molecule has 0 heterocycles. The number of hydrogen-bond donors (Lipinski definition) is 1. The Labute approximate surface area is 115 Å². The summed E-state index contributed by atoms with van der Waals surface area (Å²) >= 11 is 0. The highest BCUT2D eigenvalue weighted by molar-refractivity contribution is 5.88. The maximum Gasteiger partial charge on any atom is 0.245 e. The molecule has 0 aromatic carbocycles. The second kappa shape index (κ2) is 7.77. The van der Waals surface area contributed by atoms with Crippen LogP contribution >= 0.6 is 0 Å². The average Bonchev–Trinajstić information content (AvgIpc) is 2.91. The zero-order chi connectivity index (χ0) is 14.3. The molecule has 0 spiro atoms. The molecule has 1 fully saturated rings. The van der Waals surface area contributed by atoms with Gasteiger partial charge >= 0.3 is 0 Å². The van der Waals surface area contributed by atoms with Gasteiger partial charge in [-0.25, -0.2) is 0 Å². The first-order chi connectivity index (χ1) is 9.10. The van der Waals surface area contributed by atoms with Gasteiger partial charge in [-0.1, -0.05) is 25.0 Å². The van der Waals surface area contributed by atoms with Crippen molar-refractivity contribution < 1.29 is 9.59 Å². The second-order valence-electron chi connectivity index (χ2n) is 5.03. The summed E-state index contributed by atoms with van der Waals surface area (Å²) in [5, 5.41) is 2.82. The molecule has 1 rings (SSSR count). The Kier molecular flexibility index (Phi) is 6.33. The minimum absolute atomic E-state index is 0.00973. The fourth-order valence-electron chi connectivity index (χ4n) is 2.42. The van der Waals surface area contributed by atoms with E-state index in [1.165, 1.54) is 0 Å². The van der Waals surface area contributed by atoms with Crippen molar-refractivity contribution in [2.24, 2.45) is 5.92 Å². The normalized spacial score (nSPS) is 16.7. The third kappa shape index (κ3) is 4.54. The fraction of sp³-hybridized carbons (Fsp3) is 0.600. The van der Waals surface area contributed by atoms with Crippen LogP contribution in [0.2, 0.25) is 0 Å². The van der Waals surface area contributed by atoms with E-state index in [1.54, 1.807) is 24.0 Å². The largest absolute Gasteiger partial charge is 0.344 e. The molecule has 0 bridgehead atoms. The van der Waals surface area contributed by atoms with Crippen molar-refractivity contribution in [3.05, 3.63) is 25.3 Å². The second-order valence-corrected chi connectivity index (χ2v) is 5.03. The van der Waals surface area contributed by atoms with Crippen molar-refractivity contribution in [2.75, 3.05) is 13.1 Å². The Hall–Kier alpha value is -1.58. The molecule has 106 valence electrons. The highest BCUT2D eigenvalue weighted by atomic mass is 16.2. The predicted molar refractivity (Wildman–Crippen MR) is 76.5 cm³/mol. The summed E-state index contributed by atoms with van der Waals surface area (Å²) in [6.07, 6.45) is 7.45. The molecule has 1 atom stereocenters. The molecule has 19 heavy (non-hydrogen) atoms. The van der Waals surface area contributed by atoms with Gasteiger partial charge in [-0.15, -0.1) is 13.2 Å². The Morgan fingerprint density at radius 1 is 1.26 bits per heavy atom. The van der Waals surface area contributed by atoms with Crippen LogP contribution in [0.3, 0.4) is 0 Å².